The molecule has 0 bridgehead atoms. The molecule has 0 heterocycles. The highest BCUT2D eigenvalue weighted by Gasteiger charge is 2.07. The first-order valence-corrected chi connectivity index (χ1v) is 2.73. The largest absolute Gasteiger partial charge is 0.476 e. The van der Waals surface area contributed by atoms with E-state index in [1.54, 1.807) is 0 Å². The predicted octanol–water partition coefficient (Wildman–Crippen LogP) is 1.41. The molecule has 0 aliphatic carbocycles. The lowest BCUT2D eigenvalue weighted by molar-refractivity contribution is -0.132. The monoisotopic (exact) mass is 159 g/mol. The first kappa shape index (κ1) is 8.91. The SMILES string of the molecule is C=C/C(Cl)=C(\N=C)C(=O)O. The fourth-order valence-electron chi connectivity index (χ4n) is 0.342. The number of allylic oxidation sites excluding steroid dienone is 2. The van der Waals surface area contributed by atoms with Gasteiger partial charge in [-0.1, -0.05) is 18.2 Å². The summed E-state index contributed by atoms with van der Waals surface area (Å²) in [5, 5.41) is 8.34. The summed E-state index contributed by atoms with van der Waals surface area (Å²) in [6.45, 7) is 6.30. The van der Waals surface area contributed by atoms with Crippen LogP contribution >= 0.6 is 11.6 Å². The van der Waals surface area contributed by atoms with Crippen LogP contribution in [-0.2, 0) is 4.79 Å². The molecular weight excluding hydrogens is 154 g/mol. The van der Waals surface area contributed by atoms with Crippen molar-refractivity contribution in [3.8, 4) is 0 Å². The summed E-state index contributed by atoms with van der Waals surface area (Å²) in [5.74, 6) is -1.21. The standard InChI is InChI=1S/C6H6ClNO2/c1-3-4(7)5(8-2)6(9)10/h3H,1-2H2,(H,9,10)/b5-4+. The van der Waals surface area contributed by atoms with Gasteiger partial charge in [-0.2, -0.15) is 0 Å². The molecule has 0 spiro atoms. The lowest BCUT2D eigenvalue weighted by Gasteiger charge is -1.92. The van der Waals surface area contributed by atoms with Gasteiger partial charge in [0, 0.05) is 0 Å². The van der Waals surface area contributed by atoms with E-state index in [9.17, 15) is 4.79 Å². The number of carboxylic acid groups (broad SMARTS) is 1. The van der Waals surface area contributed by atoms with Crippen molar-refractivity contribution in [1.29, 1.82) is 0 Å². The Morgan fingerprint density at radius 3 is 2.30 bits per heavy atom. The molecule has 0 aliphatic heterocycles. The summed E-state index contributed by atoms with van der Waals surface area (Å²) in [6.07, 6.45) is 1.19. The topological polar surface area (TPSA) is 49.7 Å². The summed E-state index contributed by atoms with van der Waals surface area (Å²) >= 11 is 5.37. The van der Waals surface area contributed by atoms with Crippen LogP contribution in [-0.4, -0.2) is 17.8 Å². The quantitative estimate of drug-likeness (QED) is 0.385. The Hall–Kier alpha value is -1.09. The van der Waals surface area contributed by atoms with Gasteiger partial charge in [0.2, 0.25) is 0 Å². The molecule has 0 amide bonds. The fourth-order valence-corrected chi connectivity index (χ4v) is 0.483. The van der Waals surface area contributed by atoms with Crippen LogP contribution in [0, 0.1) is 0 Å². The Bertz CT molecular complexity index is 208. The smallest absolute Gasteiger partial charge is 0.356 e. The normalized spacial score (nSPS) is 11.7. The zero-order valence-corrected chi connectivity index (χ0v) is 5.93. The van der Waals surface area contributed by atoms with Gasteiger partial charge >= 0.3 is 5.97 Å². The fraction of sp³-hybridized carbons (Fsp3) is 0. The lowest BCUT2D eigenvalue weighted by atomic mass is 10.4. The summed E-state index contributed by atoms with van der Waals surface area (Å²) in [6, 6.07) is 0. The van der Waals surface area contributed by atoms with E-state index < -0.39 is 5.97 Å². The molecule has 0 fully saturated rings. The maximum atomic E-state index is 10.2. The number of aliphatic imine (C=N–C) groups is 1. The van der Waals surface area contributed by atoms with Crippen molar-refractivity contribution in [2.45, 2.75) is 0 Å². The van der Waals surface area contributed by atoms with Gasteiger partial charge in [-0.3, -0.25) is 4.99 Å². The van der Waals surface area contributed by atoms with Crippen LogP contribution in [0.1, 0.15) is 0 Å². The molecule has 0 aromatic carbocycles. The minimum atomic E-state index is -1.21. The van der Waals surface area contributed by atoms with E-state index in [2.05, 4.69) is 18.3 Å². The van der Waals surface area contributed by atoms with Gasteiger partial charge in [-0.15, -0.1) is 0 Å². The third kappa shape index (κ3) is 2.03. The number of nitrogens with zero attached hydrogens (tertiary/aromatic N) is 1. The first-order chi connectivity index (χ1) is 4.63. The lowest BCUT2D eigenvalue weighted by Crippen LogP contribution is -1.98. The molecule has 3 nitrogen and oxygen atoms in total. The van der Waals surface area contributed by atoms with Gasteiger partial charge in [-0.05, 0) is 12.8 Å². The van der Waals surface area contributed by atoms with Crippen molar-refractivity contribution in [3.63, 3.8) is 0 Å². The van der Waals surface area contributed by atoms with Gasteiger partial charge in [0.05, 0.1) is 5.03 Å². The van der Waals surface area contributed by atoms with E-state index in [1.165, 1.54) is 6.08 Å². The Kier molecular flexibility index (Phi) is 3.43. The Morgan fingerprint density at radius 2 is 2.20 bits per heavy atom. The maximum Gasteiger partial charge on any atom is 0.356 e. The molecule has 1 N–H and O–H groups in total. The van der Waals surface area contributed by atoms with Crippen LogP contribution in [0.15, 0.2) is 28.4 Å². The van der Waals surface area contributed by atoms with Crippen LogP contribution in [0.2, 0.25) is 0 Å². The van der Waals surface area contributed by atoms with Gasteiger partial charge in [0.15, 0.2) is 5.70 Å². The molecule has 0 aromatic rings. The van der Waals surface area contributed by atoms with E-state index in [4.69, 9.17) is 16.7 Å². The van der Waals surface area contributed by atoms with Crippen LogP contribution < -0.4 is 0 Å². The van der Waals surface area contributed by atoms with E-state index in [1.807, 2.05) is 0 Å². The second kappa shape index (κ2) is 3.85. The zero-order valence-electron chi connectivity index (χ0n) is 5.17. The molecule has 54 valence electrons. The Labute approximate surface area is 63.3 Å². The van der Waals surface area contributed by atoms with Crippen LogP contribution in [0.4, 0.5) is 0 Å². The molecule has 0 saturated carbocycles. The predicted molar refractivity (Wildman–Crippen MR) is 40.3 cm³/mol. The second-order valence-electron chi connectivity index (χ2n) is 1.36. The second-order valence-corrected chi connectivity index (χ2v) is 1.77. The summed E-state index contributed by atoms with van der Waals surface area (Å²) < 4.78 is 0. The minimum absolute atomic E-state index is 0.0116. The molecule has 0 aliphatic rings. The third-order valence-electron chi connectivity index (χ3n) is 0.766. The summed E-state index contributed by atoms with van der Waals surface area (Å²) in [4.78, 5) is 13.4. The molecule has 0 saturated heterocycles. The molecule has 0 unspecified atom stereocenters. The number of hydrogen-bond acceptors (Lipinski definition) is 2. The van der Waals surface area contributed by atoms with Gasteiger partial charge in [-0.25, -0.2) is 4.79 Å². The number of rotatable bonds is 3. The average molecular weight is 160 g/mol. The van der Waals surface area contributed by atoms with Crippen molar-refractivity contribution in [2.24, 2.45) is 4.99 Å². The third-order valence-corrected chi connectivity index (χ3v) is 1.10. The van der Waals surface area contributed by atoms with Crippen LogP contribution in [0.25, 0.3) is 0 Å². The van der Waals surface area contributed by atoms with Crippen molar-refractivity contribution in [3.05, 3.63) is 23.4 Å². The van der Waals surface area contributed by atoms with Crippen LogP contribution in [0.3, 0.4) is 0 Å². The number of aliphatic carboxylic acids is 1. The van der Waals surface area contributed by atoms with E-state index >= 15 is 0 Å². The number of carboxylic acids is 1. The van der Waals surface area contributed by atoms with Crippen molar-refractivity contribution in [2.75, 3.05) is 0 Å². The molecule has 10 heavy (non-hydrogen) atoms. The molecule has 0 atom stereocenters. The van der Waals surface area contributed by atoms with Crippen molar-refractivity contribution in [1.82, 2.24) is 0 Å². The molecule has 0 radical (unpaired) electrons. The van der Waals surface area contributed by atoms with Crippen LogP contribution in [0.5, 0.6) is 0 Å². The summed E-state index contributed by atoms with van der Waals surface area (Å²) in [7, 11) is 0. The molecular formula is C6H6ClNO2. The van der Waals surface area contributed by atoms with E-state index in [-0.39, 0.29) is 10.7 Å². The molecule has 0 rings (SSSR count). The van der Waals surface area contributed by atoms with Crippen molar-refractivity contribution < 1.29 is 9.90 Å². The number of halogens is 1. The first-order valence-electron chi connectivity index (χ1n) is 2.35. The Morgan fingerprint density at radius 1 is 1.70 bits per heavy atom. The highest BCUT2D eigenvalue weighted by Crippen LogP contribution is 2.10. The van der Waals surface area contributed by atoms with Gasteiger partial charge < -0.3 is 5.11 Å². The zero-order chi connectivity index (χ0) is 8.15. The minimum Gasteiger partial charge on any atom is -0.476 e. The average Bonchev–Trinajstić information content (AvgIpc) is 1.88. The molecule has 4 heteroatoms. The summed E-state index contributed by atoms with van der Waals surface area (Å²) in [5.41, 5.74) is -0.281. The molecule has 0 aromatic heterocycles. The number of hydrogen-bond donors (Lipinski definition) is 1. The van der Waals surface area contributed by atoms with E-state index in [0.29, 0.717) is 0 Å². The van der Waals surface area contributed by atoms with Gasteiger partial charge in [0.25, 0.3) is 0 Å². The van der Waals surface area contributed by atoms with E-state index in [0.717, 1.165) is 0 Å². The maximum absolute atomic E-state index is 10.2. The highest BCUT2D eigenvalue weighted by molar-refractivity contribution is 6.33. The van der Waals surface area contributed by atoms with Gasteiger partial charge in [0.1, 0.15) is 0 Å². The number of carbonyl (C=O) groups is 1. The van der Waals surface area contributed by atoms with Crippen molar-refractivity contribution >= 4 is 24.3 Å². The highest BCUT2D eigenvalue weighted by atomic mass is 35.5. The Balaban J connectivity index is 4.79.